The molecule has 1 aliphatic rings. The lowest BCUT2D eigenvalue weighted by atomic mass is 10.1. The normalized spacial score (nSPS) is 21.6. The van der Waals surface area contributed by atoms with Gasteiger partial charge in [0.2, 0.25) is 0 Å². The summed E-state index contributed by atoms with van der Waals surface area (Å²) in [5.41, 5.74) is 0.525. The number of rotatable bonds is 1. The van der Waals surface area contributed by atoms with Crippen molar-refractivity contribution in [3.05, 3.63) is 24.3 Å². The van der Waals surface area contributed by atoms with Crippen LogP contribution in [0.5, 0.6) is 0 Å². The predicted octanol–water partition coefficient (Wildman–Crippen LogP) is 1.45. The molecule has 1 aromatic carbocycles. The van der Waals surface area contributed by atoms with Crippen molar-refractivity contribution >= 4 is 15.5 Å². The van der Waals surface area contributed by atoms with Crippen LogP contribution in [0.2, 0.25) is 0 Å². The highest BCUT2D eigenvalue weighted by Crippen LogP contribution is 2.38. The summed E-state index contributed by atoms with van der Waals surface area (Å²) >= 11 is 0. The van der Waals surface area contributed by atoms with Crippen molar-refractivity contribution in [1.82, 2.24) is 0 Å². The van der Waals surface area contributed by atoms with Gasteiger partial charge in [0.25, 0.3) is 0 Å². The lowest BCUT2D eigenvalue weighted by Gasteiger charge is -2.38. The van der Waals surface area contributed by atoms with Gasteiger partial charge in [-0.3, -0.25) is 0 Å². The van der Waals surface area contributed by atoms with E-state index in [0.29, 0.717) is 5.69 Å². The van der Waals surface area contributed by atoms with Crippen LogP contribution < -0.4 is 4.90 Å². The van der Waals surface area contributed by atoms with Crippen molar-refractivity contribution in [2.45, 2.75) is 23.5 Å². The molecule has 0 saturated carbocycles. The molecule has 0 spiro atoms. The summed E-state index contributed by atoms with van der Waals surface area (Å²) in [5.74, 6) is 0. The third kappa shape index (κ3) is 1.43. The first-order valence-electron chi connectivity index (χ1n) is 5.07. The largest absolute Gasteiger partial charge is 0.343 e. The molecule has 0 unspecified atom stereocenters. The molecule has 1 radical (unpaired) electrons. The van der Waals surface area contributed by atoms with Gasteiger partial charge in [0.05, 0.1) is 15.3 Å². The number of hydrogen-bond acceptors (Lipinski definition) is 3. The number of fused-ring (bicyclic) bond motifs is 1. The Morgan fingerprint density at radius 2 is 1.94 bits per heavy atom. The van der Waals surface area contributed by atoms with Crippen molar-refractivity contribution in [3.8, 4) is 0 Å². The molecule has 0 fully saturated rings. The molecule has 0 aliphatic carbocycles. The van der Waals surface area contributed by atoms with Crippen molar-refractivity contribution in [2.75, 3.05) is 18.2 Å². The van der Waals surface area contributed by atoms with E-state index in [9.17, 15) is 13.5 Å². The van der Waals surface area contributed by atoms with Crippen LogP contribution in [0.15, 0.2) is 29.2 Å². The number of nitrogens with zero attached hydrogens (tertiary/aromatic N) is 1. The predicted molar refractivity (Wildman–Crippen MR) is 60.6 cm³/mol. The molecule has 0 N–H and O–H groups in total. The minimum atomic E-state index is -3.34. The maximum Gasteiger partial charge on any atom is 0.187 e. The zero-order chi connectivity index (χ0) is 12.0. The van der Waals surface area contributed by atoms with E-state index in [1.165, 1.54) is 0 Å². The summed E-state index contributed by atoms with van der Waals surface area (Å²) in [4.78, 5) is 1.83. The van der Waals surface area contributed by atoms with E-state index in [1.807, 2.05) is 0 Å². The SMILES string of the molecule is CC1(C)CN(C[O])c2ccccc2S1(=O)=O. The van der Waals surface area contributed by atoms with Crippen LogP contribution in [0.4, 0.5) is 5.69 Å². The molecule has 87 valence electrons. The second-order valence-corrected chi connectivity index (χ2v) is 7.11. The number of benzene rings is 1. The van der Waals surface area contributed by atoms with E-state index in [1.54, 1.807) is 43.0 Å². The van der Waals surface area contributed by atoms with Gasteiger partial charge in [0.15, 0.2) is 16.6 Å². The highest BCUT2D eigenvalue weighted by Gasteiger charge is 2.43. The van der Waals surface area contributed by atoms with Gasteiger partial charge >= 0.3 is 0 Å². The number of anilines is 1. The fourth-order valence-electron chi connectivity index (χ4n) is 1.99. The summed E-state index contributed by atoms with van der Waals surface area (Å²) in [7, 11) is -3.34. The maximum atomic E-state index is 12.3. The molecular weight excluding hydrogens is 226 g/mol. The number of para-hydroxylation sites is 1. The molecule has 0 amide bonds. The van der Waals surface area contributed by atoms with Gasteiger partial charge in [-0.25, -0.2) is 13.5 Å². The van der Waals surface area contributed by atoms with E-state index < -0.39 is 21.3 Å². The number of hydrogen-bond donors (Lipinski definition) is 0. The Balaban J connectivity index is 2.70. The first-order chi connectivity index (χ1) is 7.40. The first kappa shape index (κ1) is 11.4. The Kier molecular flexibility index (Phi) is 2.47. The van der Waals surface area contributed by atoms with Gasteiger partial charge in [-0.15, -0.1) is 0 Å². The second-order valence-electron chi connectivity index (χ2n) is 4.56. The Morgan fingerprint density at radius 1 is 1.31 bits per heavy atom. The Labute approximate surface area is 95.4 Å². The van der Waals surface area contributed by atoms with Gasteiger partial charge in [-0.05, 0) is 26.0 Å². The van der Waals surface area contributed by atoms with Crippen molar-refractivity contribution < 1.29 is 13.5 Å². The molecule has 0 saturated heterocycles. The third-order valence-electron chi connectivity index (χ3n) is 2.95. The monoisotopic (exact) mass is 240 g/mol. The van der Waals surface area contributed by atoms with Crippen molar-refractivity contribution in [3.63, 3.8) is 0 Å². The van der Waals surface area contributed by atoms with Gasteiger partial charge < -0.3 is 4.90 Å². The average molecular weight is 240 g/mol. The van der Waals surface area contributed by atoms with Crippen LogP contribution in [0.25, 0.3) is 0 Å². The van der Waals surface area contributed by atoms with Gasteiger partial charge in [-0.2, -0.15) is 0 Å². The molecular formula is C11H14NO3S. The quantitative estimate of drug-likeness (QED) is 0.746. The van der Waals surface area contributed by atoms with Crippen molar-refractivity contribution in [2.24, 2.45) is 0 Å². The molecule has 0 atom stereocenters. The summed E-state index contributed by atoms with van der Waals surface area (Å²) in [6, 6.07) is 6.67. The first-order valence-corrected chi connectivity index (χ1v) is 6.55. The summed E-state index contributed by atoms with van der Waals surface area (Å²) in [6.07, 6.45) is 0. The van der Waals surface area contributed by atoms with Gasteiger partial charge in [-0.1, -0.05) is 12.1 Å². The van der Waals surface area contributed by atoms with E-state index in [0.717, 1.165) is 0 Å². The summed E-state index contributed by atoms with van der Waals surface area (Å²) < 4.78 is 23.6. The second kappa shape index (κ2) is 3.46. The fourth-order valence-corrected chi connectivity index (χ4v) is 3.64. The zero-order valence-electron chi connectivity index (χ0n) is 9.30. The van der Waals surface area contributed by atoms with Gasteiger partial charge in [0.1, 0.15) is 0 Å². The summed E-state index contributed by atoms with van der Waals surface area (Å²) in [6.45, 7) is 3.13. The highest BCUT2D eigenvalue weighted by molar-refractivity contribution is 7.93. The van der Waals surface area contributed by atoms with E-state index >= 15 is 0 Å². The van der Waals surface area contributed by atoms with Gasteiger partial charge in [0, 0.05) is 6.54 Å². The molecule has 2 rings (SSSR count). The molecule has 5 heteroatoms. The molecule has 1 aromatic rings. The lowest BCUT2D eigenvalue weighted by Crippen LogP contribution is -2.49. The Hall–Kier alpha value is -1.07. The lowest BCUT2D eigenvalue weighted by molar-refractivity contribution is 0.188. The molecule has 16 heavy (non-hydrogen) atoms. The molecule has 1 aliphatic heterocycles. The Morgan fingerprint density at radius 3 is 2.56 bits per heavy atom. The van der Waals surface area contributed by atoms with Crippen LogP contribution in [-0.4, -0.2) is 26.4 Å². The van der Waals surface area contributed by atoms with Crippen LogP contribution in [0.3, 0.4) is 0 Å². The summed E-state index contributed by atoms with van der Waals surface area (Å²) in [5, 5.41) is 11.1. The van der Waals surface area contributed by atoms with E-state index in [4.69, 9.17) is 0 Å². The average Bonchev–Trinajstić information content (AvgIpc) is 2.24. The molecule has 1 heterocycles. The molecule has 0 bridgehead atoms. The van der Waals surface area contributed by atoms with Crippen LogP contribution in [0, 0.1) is 0 Å². The fraction of sp³-hybridized carbons (Fsp3) is 0.455. The minimum absolute atomic E-state index is 0.246. The van der Waals surface area contributed by atoms with E-state index in [2.05, 4.69) is 0 Å². The number of sulfone groups is 1. The Bertz CT molecular complexity index is 508. The maximum absolute atomic E-state index is 12.3. The zero-order valence-corrected chi connectivity index (χ0v) is 10.1. The highest BCUT2D eigenvalue weighted by atomic mass is 32.2. The van der Waals surface area contributed by atoms with Crippen molar-refractivity contribution in [1.29, 1.82) is 0 Å². The van der Waals surface area contributed by atoms with Crippen LogP contribution in [-0.2, 0) is 14.9 Å². The van der Waals surface area contributed by atoms with E-state index in [-0.39, 0.29) is 11.4 Å². The van der Waals surface area contributed by atoms with Crippen LogP contribution >= 0.6 is 0 Å². The molecule has 0 aromatic heterocycles. The third-order valence-corrected chi connectivity index (χ3v) is 5.46. The standard InChI is InChI=1S/C11H14NO3S/c1-11(2)7-12(8-13)9-5-3-4-6-10(9)16(11,14)15/h3-6H,7-8H2,1-2H3. The minimum Gasteiger partial charge on any atom is -0.343 e. The molecule has 4 nitrogen and oxygen atoms in total. The van der Waals surface area contributed by atoms with Crippen LogP contribution in [0.1, 0.15) is 13.8 Å². The topological polar surface area (TPSA) is 57.3 Å². The smallest absolute Gasteiger partial charge is 0.187 e.